The van der Waals surface area contributed by atoms with Crippen molar-refractivity contribution >= 4 is 5.69 Å². The quantitative estimate of drug-likeness (QED) is 0.605. The molecule has 1 aliphatic rings. The number of allylic oxidation sites excluding steroid dienone is 6. The lowest BCUT2D eigenvalue weighted by molar-refractivity contribution is -0.385. The SMILES string of the molecule is O=[N+]([O-])c1cccc(C2(C(F)(F)F)C=CC=CC=C2)c1. The summed E-state index contributed by atoms with van der Waals surface area (Å²) in [5.41, 5.74) is -2.91. The van der Waals surface area contributed by atoms with Crippen molar-refractivity contribution in [3.8, 4) is 0 Å². The standard InChI is InChI=1S/C14H10F3NO2/c15-14(16,17)13(8-3-1-2-4-9-13)11-6-5-7-12(10-11)18(19)20/h1-10H. The second-order valence-corrected chi connectivity index (χ2v) is 4.28. The van der Waals surface area contributed by atoms with Crippen LogP contribution in [-0.4, -0.2) is 11.1 Å². The second-order valence-electron chi connectivity index (χ2n) is 4.28. The van der Waals surface area contributed by atoms with Crippen molar-refractivity contribution in [3.05, 3.63) is 76.4 Å². The molecule has 0 amide bonds. The fraction of sp³-hybridized carbons (Fsp3) is 0.143. The Kier molecular flexibility index (Phi) is 3.48. The molecule has 0 spiro atoms. The molecule has 0 bridgehead atoms. The number of nitro groups is 1. The van der Waals surface area contributed by atoms with Crippen molar-refractivity contribution in [1.82, 2.24) is 0 Å². The molecule has 0 saturated heterocycles. The Balaban J connectivity index is 2.65. The molecule has 1 aliphatic carbocycles. The predicted molar refractivity (Wildman–Crippen MR) is 68.2 cm³/mol. The van der Waals surface area contributed by atoms with Gasteiger partial charge in [0, 0.05) is 12.1 Å². The van der Waals surface area contributed by atoms with Crippen molar-refractivity contribution in [2.24, 2.45) is 0 Å². The molecule has 1 aromatic rings. The minimum Gasteiger partial charge on any atom is -0.258 e. The lowest BCUT2D eigenvalue weighted by Crippen LogP contribution is -2.38. The fourth-order valence-corrected chi connectivity index (χ4v) is 2.02. The molecular formula is C14H10F3NO2. The van der Waals surface area contributed by atoms with Gasteiger partial charge in [0.05, 0.1) is 4.92 Å². The van der Waals surface area contributed by atoms with E-state index in [9.17, 15) is 23.3 Å². The van der Waals surface area contributed by atoms with E-state index in [0.29, 0.717) is 0 Å². The molecule has 0 N–H and O–H groups in total. The molecule has 2 rings (SSSR count). The molecule has 20 heavy (non-hydrogen) atoms. The van der Waals surface area contributed by atoms with Gasteiger partial charge in [-0.1, -0.05) is 48.6 Å². The minimum absolute atomic E-state index is 0.185. The van der Waals surface area contributed by atoms with Gasteiger partial charge >= 0.3 is 6.18 Å². The van der Waals surface area contributed by atoms with Crippen LogP contribution in [0.5, 0.6) is 0 Å². The molecule has 6 heteroatoms. The van der Waals surface area contributed by atoms with Gasteiger partial charge in [0.2, 0.25) is 0 Å². The Morgan fingerprint density at radius 2 is 1.65 bits per heavy atom. The van der Waals surface area contributed by atoms with Crippen molar-refractivity contribution in [3.63, 3.8) is 0 Å². The fourth-order valence-electron chi connectivity index (χ4n) is 2.02. The van der Waals surface area contributed by atoms with E-state index in [-0.39, 0.29) is 11.3 Å². The molecule has 0 fully saturated rings. The summed E-state index contributed by atoms with van der Waals surface area (Å²) in [6.45, 7) is 0. The monoisotopic (exact) mass is 281 g/mol. The maximum Gasteiger partial charge on any atom is 0.405 e. The van der Waals surface area contributed by atoms with Gasteiger partial charge in [-0.3, -0.25) is 10.1 Å². The van der Waals surface area contributed by atoms with Gasteiger partial charge in [-0.05, 0) is 5.56 Å². The molecule has 1 aromatic carbocycles. The van der Waals surface area contributed by atoms with Gasteiger partial charge in [-0.15, -0.1) is 0 Å². The summed E-state index contributed by atoms with van der Waals surface area (Å²) in [5.74, 6) is 0. The molecule has 3 nitrogen and oxygen atoms in total. The van der Waals surface area contributed by atoms with Gasteiger partial charge < -0.3 is 0 Å². The molecule has 0 atom stereocenters. The van der Waals surface area contributed by atoms with Gasteiger partial charge in [0.25, 0.3) is 5.69 Å². The van der Waals surface area contributed by atoms with Gasteiger partial charge in [0.1, 0.15) is 5.41 Å². The normalized spacial score (nSPS) is 16.9. The molecule has 0 saturated carbocycles. The first kappa shape index (κ1) is 14.0. The number of nitrogens with zero attached hydrogens (tertiary/aromatic N) is 1. The number of rotatable bonds is 2. The molecule has 0 aromatic heterocycles. The summed E-state index contributed by atoms with van der Waals surface area (Å²) in [5, 5.41) is 10.7. The summed E-state index contributed by atoms with van der Waals surface area (Å²) in [6, 6.07) is 4.60. The third-order valence-electron chi connectivity index (χ3n) is 3.06. The molecule has 0 aliphatic heterocycles. The number of nitro benzene ring substituents is 1. The van der Waals surface area contributed by atoms with Crippen LogP contribution in [0.1, 0.15) is 5.56 Å². The van der Waals surface area contributed by atoms with E-state index in [1.54, 1.807) is 0 Å². The minimum atomic E-state index is -4.60. The Hall–Kier alpha value is -2.37. The lowest BCUT2D eigenvalue weighted by Gasteiger charge is -2.30. The summed E-state index contributed by atoms with van der Waals surface area (Å²) in [6.07, 6.45) is 2.90. The first-order valence-electron chi connectivity index (χ1n) is 5.72. The van der Waals surface area contributed by atoms with E-state index in [4.69, 9.17) is 0 Å². The number of alkyl halides is 3. The van der Waals surface area contributed by atoms with Crippen LogP contribution >= 0.6 is 0 Å². The van der Waals surface area contributed by atoms with E-state index in [1.807, 2.05) is 0 Å². The first-order chi connectivity index (χ1) is 9.37. The molecule has 0 radical (unpaired) electrons. The number of non-ortho nitro benzene ring substituents is 1. The number of hydrogen-bond donors (Lipinski definition) is 0. The molecule has 0 heterocycles. The zero-order valence-corrected chi connectivity index (χ0v) is 10.2. The molecule has 104 valence electrons. The number of hydrogen-bond acceptors (Lipinski definition) is 2. The summed E-state index contributed by atoms with van der Waals surface area (Å²) >= 11 is 0. The number of halogens is 3. The third-order valence-corrected chi connectivity index (χ3v) is 3.06. The molecular weight excluding hydrogens is 271 g/mol. The first-order valence-corrected chi connectivity index (χ1v) is 5.72. The Bertz CT molecular complexity index is 599. The van der Waals surface area contributed by atoms with Crippen LogP contribution in [0.25, 0.3) is 0 Å². The van der Waals surface area contributed by atoms with Crippen LogP contribution in [-0.2, 0) is 5.41 Å². The average Bonchev–Trinajstić information content (AvgIpc) is 2.64. The van der Waals surface area contributed by atoms with E-state index in [1.165, 1.54) is 36.4 Å². The van der Waals surface area contributed by atoms with E-state index in [0.717, 1.165) is 24.3 Å². The zero-order valence-electron chi connectivity index (χ0n) is 10.2. The highest BCUT2D eigenvalue weighted by Gasteiger charge is 2.52. The van der Waals surface area contributed by atoms with Gasteiger partial charge in [-0.25, -0.2) is 0 Å². The largest absolute Gasteiger partial charge is 0.405 e. The summed E-state index contributed by atoms with van der Waals surface area (Å²) in [7, 11) is 0. The smallest absolute Gasteiger partial charge is 0.258 e. The predicted octanol–water partition coefficient (Wildman–Crippen LogP) is 4.08. The maximum absolute atomic E-state index is 13.5. The summed E-state index contributed by atoms with van der Waals surface area (Å²) in [4.78, 5) is 10.0. The van der Waals surface area contributed by atoms with E-state index in [2.05, 4.69) is 0 Å². The van der Waals surface area contributed by atoms with Crippen LogP contribution in [0.4, 0.5) is 18.9 Å². The zero-order chi connectivity index (χ0) is 14.8. The third kappa shape index (κ3) is 2.36. The topological polar surface area (TPSA) is 43.1 Å². The van der Waals surface area contributed by atoms with Crippen LogP contribution in [0.15, 0.2) is 60.7 Å². The maximum atomic E-state index is 13.5. The van der Waals surface area contributed by atoms with Crippen molar-refractivity contribution in [2.45, 2.75) is 11.6 Å². The van der Waals surface area contributed by atoms with Crippen molar-refractivity contribution in [1.29, 1.82) is 0 Å². The van der Waals surface area contributed by atoms with Crippen LogP contribution in [0.2, 0.25) is 0 Å². The average molecular weight is 281 g/mol. The van der Waals surface area contributed by atoms with E-state index >= 15 is 0 Å². The van der Waals surface area contributed by atoms with E-state index < -0.39 is 16.5 Å². The highest BCUT2D eigenvalue weighted by molar-refractivity contribution is 5.47. The van der Waals surface area contributed by atoms with Crippen LogP contribution < -0.4 is 0 Å². The second kappa shape index (κ2) is 4.96. The highest BCUT2D eigenvalue weighted by Crippen LogP contribution is 2.45. The van der Waals surface area contributed by atoms with Gasteiger partial charge in [-0.2, -0.15) is 13.2 Å². The number of benzene rings is 1. The Morgan fingerprint density at radius 1 is 1.05 bits per heavy atom. The van der Waals surface area contributed by atoms with Crippen LogP contribution in [0, 0.1) is 10.1 Å². The highest BCUT2D eigenvalue weighted by atomic mass is 19.4. The molecule has 0 unspecified atom stereocenters. The Morgan fingerprint density at radius 3 is 2.15 bits per heavy atom. The Labute approximate surface area is 112 Å². The van der Waals surface area contributed by atoms with Gasteiger partial charge in [0.15, 0.2) is 0 Å². The van der Waals surface area contributed by atoms with Crippen molar-refractivity contribution in [2.75, 3.05) is 0 Å². The van der Waals surface area contributed by atoms with Crippen molar-refractivity contribution < 1.29 is 18.1 Å². The van der Waals surface area contributed by atoms with Crippen LogP contribution in [0.3, 0.4) is 0 Å². The lowest BCUT2D eigenvalue weighted by atomic mass is 9.79. The summed E-state index contributed by atoms with van der Waals surface area (Å²) < 4.78 is 40.5.